The summed E-state index contributed by atoms with van der Waals surface area (Å²) in [5, 5.41) is 21.2. The van der Waals surface area contributed by atoms with E-state index in [0.717, 1.165) is 22.5 Å². The minimum Gasteiger partial charge on any atom is -0.507 e. The van der Waals surface area contributed by atoms with Crippen molar-refractivity contribution in [3.05, 3.63) is 59.5 Å². The van der Waals surface area contributed by atoms with E-state index < -0.39 is 17.5 Å². The summed E-state index contributed by atoms with van der Waals surface area (Å²) in [5.74, 6) is -1.46. The van der Waals surface area contributed by atoms with Crippen LogP contribution in [0.5, 0.6) is 5.75 Å². The first-order chi connectivity index (χ1) is 14.2. The molecule has 1 aromatic heterocycles. The molecule has 5 nitrogen and oxygen atoms in total. The summed E-state index contributed by atoms with van der Waals surface area (Å²) >= 11 is 0. The fourth-order valence-corrected chi connectivity index (χ4v) is 5.30. The average molecular weight is 409 g/mol. The molecule has 5 rings (SSSR count). The highest BCUT2D eigenvalue weighted by molar-refractivity contribution is 5.94. The van der Waals surface area contributed by atoms with Gasteiger partial charge in [0.2, 0.25) is 0 Å². The fourth-order valence-electron chi connectivity index (χ4n) is 5.30. The maximum Gasteiger partial charge on any atom is 0.306 e. The predicted octanol–water partition coefficient (Wildman–Crippen LogP) is 4.86. The van der Waals surface area contributed by atoms with E-state index >= 15 is 0 Å². The van der Waals surface area contributed by atoms with E-state index in [1.165, 1.54) is 12.1 Å². The third kappa shape index (κ3) is 2.59. The molecule has 30 heavy (non-hydrogen) atoms. The number of carboxylic acids is 1. The van der Waals surface area contributed by atoms with E-state index in [9.17, 15) is 19.4 Å². The number of fused-ring (bicyclic) bond motifs is 4. The number of hydrogen-bond donors (Lipinski definition) is 2. The second kappa shape index (κ2) is 6.32. The van der Waals surface area contributed by atoms with Crippen LogP contribution in [0.25, 0.3) is 16.6 Å². The molecule has 0 saturated heterocycles. The first-order valence-corrected chi connectivity index (χ1v) is 10.2. The molecule has 1 aliphatic carbocycles. The number of aliphatic carboxylic acids is 1. The highest BCUT2D eigenvalue weighted by Crippen LogP contribution is 2.56. The lowest BCUT2D eigenvalue weighted by molar-refractivity contribution is -0.143. The van der Waals surface area contributed by atoms with Crippen LogP contribution in [0.15, 0.2) is 42.5 Å². The highest BCUT2D eigenvalue weighted by Gasteiger charge is 2.53. The van der Waals surface area contributed by atoms with Crippen LogP contribution in [0.4, 0.5) is 4.39 Å². The number of phenolic OH excluding ortho intramolecular Hbond substituents is 1. The maximum atomic E-state index is 13.6. The Hall–Kier alpha value is -2.86. The van der Waals surface area contributed by atoms with Crippen molar-refractivity contribution < 1.29 is 24.1 Å². The minimum atomic E-state index is -0.812. The van der Waals surface area contributed by atoms with Crippen LogP contribution in [0.2, 0.25) is 0 Å². The number of hydrogen-bond acceptors (Lipinski definition) is 3. The monoisotopic (exact) mass is 409 g/mol. The standard InChI is InChI=1S/C24H24FNO4/c1-23(2)13-30-24(11-10-14(12-24)22(28)29)20-19-17(4-3-5-18(19)27)26(21(20)23)16-8-6-15(25)7-9-16/h3-9,14,27H,10-13H2,1-2H3,(H,28,29)/t14-,24+/m1/s1. The number of halogens is 1. The molecule has 1 aliphatic heterocycles. The Bertz CT molecular complexity index is 1160. The third-order valence-corrected chi connectivity index (χ3v) is 6.68. The van der Waals surface area contributed by atoms with Crippen molar-refractivity contribution in [3.8, 4) is 11.4 Å². The SMILES string of the molecule is CC1(C)CO[C@]2(CC[C@@H](C(=O)O)C2)c2c1n(-c1ccc(F)cc1)c1cccc(O)c21. The zero-order valence-electron chi connectivity index (χ0n) is 17.0. The largest absolute Gasteiger partial charge is 0.507 e. The van der Waals surface area contributed by atoms with Gasteiger partial charge in [-0.15, -0.1) is 0 Å². The molecule has 156 valence electrons. The Morgan fingerprint density at radius 2 is 1.93 bits per heavy atom. The molecule has 6 heteroatoms. The van der Waals surface area contributed by atoms with E-state index in [1.807, 2.05) is 6.07 Å². The number of benzene rings is 2. The van der Waals surface area contributed by atoms with Crippen molar-refractivity contribution in [2.75, 3.05) is 6.61 Å². The van der Waals surface area contributed by atoms with Gasteiger partial charge < -0.3 is 19.5 Å². The molecule has 1 spiro atoms. The van der Waals surface area contributed by atoms with Gasteiger partial charge in [0.25, 0.3) is 0 Å². The summed E-state index contributed by atoms with van der Waals surface area (Å²) in [7, 11) is 0. The molecule has 2 heterocycles. The van der Waals surface area contributed by atoms with Gasteiger partial charge in [-0.25, -0.2) is 4.39 Å². The second-order valence-corrected chi connectivity index (χ2v) is 9.15. The van der Waals surface area contributed by atoms with Gasteiger partial charge in [0.05, 0.1) is 23.6 Å². The number of aromatic hydroxyl groups is 1. The number of rotatable bonds is 2. The Kier molecular flexibility index (Phi) is 4.03. The Morgan fingerprint density at radius 3 is 2.60 bits per heavy atom. The fraction of sp³-hybridized carbons (Fsp3) is 0.375. The van der Waals surface area contributed by atoms with Crippen LogP contribution in [0.3, 0.4) is 0 Å². The summed E-state index contributed by atoms with van der Waals surface area (Å²) < 4.78 is 22.1. The molecule has 2 atom stereocenters. The van der Waals surface area contributed by atoms with Gasteiger partial charge in [-0.05, 0) is 55.7 Å². The quantitative estimate of drug-likeness (QED) is 0.634. The third-order valence-electron chi connectivity index (χ3n) is 6.68. The van der Waals surface area contributed by atoms with Crippen LogP contribution >= 0.6 is 0 Å². The van der Waals surface area contributed by atoms with Crippen molar-refractivity contribution in [2.24, 2.45) is 5.92 Å². The van der Waals surface area contributed by atoms with Crippen LogP contribution in [-0.4, -0.2) is 27.4 Å². The first kappa shape index (κ1) is 19.1. The number of aromatic nitrogens is 1. The smallest absolute Gasteiger partial charge is 0.306 e. The van der Waals surface area contributed by atoms with Gasteiger partial charge in [-0.3, -0.25) is 4.79 Å². The molecule has 2 aliphatic rings. The highest BCUT2D eigenvalue weighted by atomic mass is 19.1. The van der Waals surface area contributed by atoms with E-state index in [0.29, 0.717) is 31.3 Å². The van der Waals surface area contributed by atoms with E-state index in [-0.39, 0.29) is 17.0 Å². The zero-order chi connectivity index (χ0) is 21.3. The normalized spacial score (nSPS) is 25.0. The number of carboxylic acid groups (broad SMARTS) is 1. The lowest BCUT2D eigenvalue weighted by Gasteiger charge is -2.43. The van der Waals surface area contributed by atoms with E-state index in [1.54, 1.807) is 24.3 Å². The topological polar surface area (TPSA) is 71.7 Å². The molecule has 1 fully saturated rings. The molecule has 0 unspecified atom stereocenters. The van der Waals surface area contributed by atoms with Crippen molar-refractivity contribution in [1.82, 2.24) is 4.57 Å². The van der Waals surface area contributed by atoms with E-state index in [2.05, 4.69) is 18.4 Å². The molecule has 0 amide bonds. The number of nitrogens with zero attached hydrogens (tertiary/aromatic N) is 1. The molecule has 0 bridgehead atoms. The number of ether oxygens (including phenoxy) is 1. The van der Waals surface area contributed by atoms with E-state index in [4.69, 9.17) is 4.74 Å². The lowest BCUT2D eigenvalue weighted by atomic mass is 9.76. The average Bonchev–Trinajstić information content (AvgIpc) is 3.28. The summed E-state index contributed by atoms with van der Waals surface area (Å²) in [6, 6.07) is 11.7. The van der Waals surface area contributed by atoms with Gasteiger partial charge in [-0.1, -0.05) is 19.9 Å². The van der Waals surface area contributed by atoms with Gasteiger partial charge in [0, 0.05) is 27.7 Å². The minimum absolute atomic E-state index is 0.143. The van der Waals surface area contributed by atoms with Crippen LogP contribution < -0.4 is 0 Å². The van der Waals surface area contributed by atoms with Crippen LogP contribution in [-0.2, 0) is 20.5 Å². The van der Waals surface area contributed by atoms with Crippen molar-refractivity contribution in [2.45, 2.75) is 44.1 Å². The van der Waals surface area contributed by atoms with Crippen LogP contribution in [0, 0.1) is 11.7 Å². The molecular formula is C24H24FNO4. The first-order valence-electron chi connectivity index (χ1n) is 10.2. The summed E-state index contributed by atoms with van der Waals surface area (Å²) in [6.45, 7) is 4.60. The van der Waals surface area contributed by atoms with Crippen molar-refractivity contribution >= 4 is 16.9 Å². The number of phenols is 1. The van der Waals surface area contributed by atoms with Crippen molar-refractivity contribution in [1.29, 1.82) is 0 Å². The van der Waals surface area contributed by atoms with Gasteiger partial charge >= 0.3 is 5.97 Å². The molecule has 2 aromatic carbocycles. The molecule has 2 N–H and O–H groups in total. The molecule has 1 saturated carbocycles. The van der Waals surface area contributed by atoms with Crippen LogP contribution in [0.1, 0.15) is 44.4 Å². The van der Waals surface area contributed by atoms with Gasteiger partial charge in [-0.2, -0.15) is 0 Å². The molecular weight excluding hydrogens is 385 g/mol. The van der Waals surface area contributed by atoms with Crippen molar-refractivity contribution in [3.63, 3.8) is 0 Å². The van der Waals surface area contributed by atoms with Gasteiger partial charge in [0.1, 0.15) is 11.6 Å². The molecule has 0 radical (unpaired) electrons. The second-order valence-electron chi connectivity index (χ2n) is 9.15. The maximum absolute atomic E-state index is 13.6. The lowest BCUT2D eigenvalue weighted by Crippen LogP contribution is -2.43. The Labute approximate surface area is 173 Å². The summed E-state index contributed by atoms with van der Waals surface area (Å²) in [6.07, 6.45) is 1.50. The molecule has 3 aromatic rings. The summed E-state index contributed by atoms with van der Waals surface area (Å²) in [4.78, 5) is 11.7. The zero-order valence-corrected chi connectivity index (χ0v) is 17.0. The number of carbonyl (C=O) groups is 1. The Balaban J connectivity index is 1.87. The van der Waals surface area contributed by atoms with Gasteiger partial charge in [0.15, 0.2) is 0 Å². The predicted molar refractivity (Wildman–Crippen MR) is 111 cm³/mol. The Morgan fingerprint density at radius 1 is 1.20 bits per heavy atom. The summed E-state index contributed by atoms with van der Waals surface area (Å²) in [5.41, 5.74) is 2.33.